The molecule has 2 rings (SSSR count). The lowest BCUT2D eigenvalue weighted by molar-refractivity contribution is 0.102. The van der Waals surface area contributed by atoms with Gasteiger partial charge in [0.25, 0.3) is 5.91 Å². The van der Waals surface area contributed by atoms with E-state index in [1.54, 1.807) is 43.5 Å². The van der Waals surface area contributed by atoms with Gasteiger partial charge in [-0.05, 0) is 24.3 Å². The number of benzene rings is 1. The van der Waals surface area contributed by atoms with Crippen LogP contribution in [0.4, 0.5) is 11.5 Å². The molecule has 120 valence electrons. The van der Waals surface area contributed by atoms with E-state index >= 15 is 0 Å². The van der Waals surface area contributed by atoms with Crippen molar-refractivity contribution in [2.45, 2.75) is 0 Å². The van der Waals surface area contributed by atoms with E-state index in [9.17, 15) is 4.79 Å². The Labute approximate surface area is 134 Å². The highest BCUT2D eigenvalue weighted by molar-refractivity contribution is 6.02. The van der Waals surface area contributed by atoms with E-state index < -0.39 is 0 Å². The average Bonchev–Trinajstić information content (AvgIpc) is 2.60. The van der Waals surface area contributed by atoms with Gasteiger partial charge in [0.15, 0.2) is 17.2 Å². The van der Waals surface area contributed by atoms with Crippen molar-refractivity contribution >= 4 is 17.4 Å². The summed E-state index contributed by atoms with van der Waals surface area (Å²) < 4.78 is 10.3. The molecule has 0 saturated heterocycles. The average molecular weight is 314 g/mol. The topological polar surface area (TPSA) is 85.4 Å². The van der Waals surface area contributed by atoms with Gasteiger partial charge in [-0.1, -0.05) is 6.08 Å². The Morgan fingerprint density at radius 3 is 2.57 bits per heavy atom. The van der Waals surface area contributed by atoms with Crippen LogP contribution in [0.5, 0.6) is 11.5 Å². The number of aromatic nitrogens is 2. The Hall–Kier alpha value is -3.09. The van der Waals surface area contributed by atoms with Gasteiger partial charge < -0.3 is 20.1 Å². The van der Waals surface area contributed by atoms with Gasteiger partial charge >= 0.3 is 0 Å². The molecule has 7 heteroatoms. The number of amides is 1. The second-order valence-electron chi connectivity index (χ2n) is 4.50. The first-order chi connectivity index (χ1) is 11.2. The van der Waals surface area contributed by atoms with E-state index in [4.69, 9.17) is 9.47 Å². The first-order valence-electron chi connectivity index (χ1n) is 6.89. The summed E-state index contributed by atoms with van der Waals surface area (Å²) in [5, 5.41) is 13.5. The Morgan fingerprint density at radius 1 is 1.17 bits per heavy atom. The zero-order chi connectivity index (χ0) is 16.7. The number of methoxy groups -OCH3 is 2. The first-order valence-corrected chi connectivity index (χ1v) is 6.89. The molecule has 23 heavy (non-hydrogen) atoms. The third-order valence-electron chi connectivity index (χ3n) is 2.97. The lowest BCUT2D eigenvalue weighted by atomic mass is 10.2. The molecular formula is C16H18N4O3. The normalized spacial score (nSPS) is 9.83. The minimum absolute atomic E-state index is 0.212. The van der Waals surface area contributed by atoms with Crippen LogP contribution in [0, 0.1) is 0 Å². The Bertz CT molecular complexity index is 686. The largest absolute Gasteiger partial charge is 0.493 e. The number of carbonyl (C=O) groups excluding carboxylic acids is 1. The highest BCUT2D eigenvalue weighted by Gasteiger charge is 2.11. The zero-order valence-electron chi connectivity index (χ0n) is 13.0. The molecule has 1 amide bonds. The minimum Gasteiger partial charge on any atom is -0.493 e. The van der Waals surface area contributed by atoms with Crippen molar-refractivity contribution in [2.24, 2.45) is 0 Å². The van der Waals surface area contributed by atoms with Gasteiger partial charge in [-0.25, -0.2) is 0 Å². The van der Waals surface area contributed by atoms with Gasteiger partial charge in [0, 0.05) is 18.3 Å². The quantitative estimate of drug-likeness (QED) is 0.763. The predicted octanol–water partition coefficient (Wildman–Crippen LogP) is 2.34. The number of hydrogen-bond acceptors (Lipinski definition) is 6. The van der Waals surface area contributed by atoms with E-state index in [0.717, 1.165) is 0 Å². The maximum atomic E-state index is 12.2. The maximum Gasteiger partial charge on any atom is 0.276 e. The van der Waals surface area contributed by atoms with Crippen molar-refractivity contribution in [1.82, 2.24) is 10.2 Å². The van der Waals surface area contributed by atoms with Crippen molar-refractivity contribution in [3.63, 3.8) is 0 Å². The summed E-state index contributed by atoms with van der Waals surface area (Å²) in [5.41, 5.74) is 0.784. The molecule has 0 atom stereocenters. The smallest absolute Gasteiger partial charge is 0.276 e. The molecule has 0 aliphatic rings. The van der Waals surface area contributed by atoms with Crippen molar-refractivity contribution in [1.29, 1.82) is 0 Å². The zero-order valence-corrected chi connectivity index (χ0v) is 13.0. The molecule has 0 fully saturated rings. The lowest BCUT2D eigenvalue weighted by Gasteiger charge is -2.10. The van der Waals surface area contributed by atoms with Gasteiger partial charge in [-0.2, -0.15) is 0 Å². The van der Waals surface area contributed by atoms with Crippen LogP contribution >= 0.6 is 0 Å². The van der Waals surface area contributed by atoms with Gasteiger partial charge in [-0.15, -0.1) is 16.8 Å². The monoisotopic (exact) mass is 314 g/mol. The van der Waals surface area contributed by atoms with Gasteiger partial charge in [0.05, 0.1) is 14.2 Å². The SMILES string of the molecule is C=CCNc1ccc(C(=O)Nc2ccc(OC)c(OC)c2)nn1. The van der Waals surface area contributed by atoms with Crippen LogP contribution < -0.4 is 20.1 Å². The number of ether oxygens (including phenoxy) is 2. The van der Waals surface area contributed by atoms with E-state index in [0.29, 0.717) is 29.5 Å². The Morgan fingerprint density at radius 2 is 1.96 bits per heavy atom. The number of carbonyl (C=O) groups is 1. The van der Waals surface area contributed by atoms with Gasteiger partial charge in [-0.3, -0.25) is 4.79 Å². The second-order valence-corrected chi connectivity index (χ2v) is 4.50. The van der Waals surface area contributed by atoms with Crippen LogP contribution in [0.25, 0.3) is 0 Å². The molecule has 7 nitrogen and oxygen atoms in total. The molecule has 1 heterocycles. The van der Waals surface area contributed by atoms with E-state index in [2.05, 4.69) is 27.4 Å². The molecular weight excluding hydrogens is 296 g/mol. The molecule has 0 saturated carbocycles. The van der Waals surface area contributed by atoms with Gasteiger partial charge in [0.2, 0.25) is 0 Å². The molecule has 0 unspecified atom stereocenters. The number of rotatable bonds is 7. The fraction of sp³-hybridized carbons (Fsp3) is 0.188. The van der Waals surface area contributed by atoms with Gasteiger partial charge in [0.1, 0.15) is 5.82 Å². The second kappa shape index (κ2) is 7.79. The fourth-order valence-electron chi connectivity index (χ4n) is 1.83. The minimum atomic E-state index is -0.361. The predicted molar refractivity (Wildman–Crippen MR) is 88.2 cm³/mol. The molecule has 0 spiro atoms. The number of anilines is 2. The third-order valence-corrected chi connectivity index (χ3v) is 2.97. The lowest BCUT2D eigenvalue weighted by Crippen LogP contribution is -2.15. The summed E-state index contributed by atoms with van der Waals surface area (Å²) in [6.45, 7) is 4.18. The Balaban J connectivity index is 2.08. The summed E-state index contributed by atoms with van der Waals surface area (Å²) in [5.74, 6) is 1.33. The highest BCUT2D eigenvalue weighted by atomic mass is 16.5. The maximum absolute atomic E-state index is 12.2. The summed E-state index contributed by atoms with van der Waals surface area (Å²) in [7, 11) is 3.08. The highest BCUT2D eigenvalue weighted by Crippen LogP contribution is 2.29. The number of nitrogens with zero attached hydrogens (tertiary/aromatic N) is 2. The molecule has 1 aromatic carbocycles. The standard InChI is InChI=1S/C16H18N4O3/c1-4-9-17-15-8-6-12(19-20-15)16(21)18-11-5-7-13(22-2)14(10-11)23-3/h4-8,10H,1,9H2,2-3H3,(H,17,20)(H,18,21). The summed E-state index contributed by atoms with van der Waals surface area (Å²) in [4.78, 5) is 12.2. The molecule has 1 aromatic heterocycles. The number of hydrogen-bond donors (Lipinski definition) is 2. The summed E-state index contributed by atoms with van der Waals surface area (Å²) >= 11 is 0. The van der Waals surface area contributed by atoms with Crippen molar-refractivity contribution in [3.8, 4) is 11.5 Å². The summed E-state index contributed by atoms with van der Waals surface area (Å²) in [6, 6.07) is 8.37. The van der Waals surface area contributed by atoms with Crippen LogP contribution in [0.15, 0.2) is 43.0 Å². The van der Waals surface area contributed by atoms with Crippen LogP contribution in [0.2, 0.25) is 0 Å². The van der Waals surface area contributed by atoms with E-state index in [-0.39, 0.29) is 11.6 Å². The molecule has 0 radical (unpaired) electrons. The third kappa shape index (κ3) is 4.19. The summed E-state index contributed by atoms with van der Waals surface area (Å²) in [6.07, 6.45) is 1.71. The molecule has 0 aliphatic carbocycles. The molecule has 2 aromatic rings. The van der Waals surface area contributed by atoms with Crippen molar-refractivity contribution in [2.75, 3.05) is 31.4 Å². The first kappa shape index (κ1) is 16.3. The van der Waals surface area contributed by atoms with E-state index in [1.807, 2.05) is 0 Å². The molecule has 2 N–H and O–H groups in total. The van der Waals surface area contributed by atoms with E-state index in [1.165, 1.54) is 7.11 Å². The van der Waals surface area contributed by atoms with Crippen molar-refractivity contribution in [3.05, 3.63) is 48.7 Å². The van der Waals surface area contributed by atoms with Crippen LogP contribution in [-0.4, -0.2) is 36.9 Å². The molecule has 0 aliphatic heterocycles. The van der Waals surface area contributed by atoms with Crippen molar-refractivity contribution < 1.29 is 14.3 Å². The van der Waals surface area contributed by atoms with Crippen LogP contribution in [0.1, 0.15) is 10.5 Å². The van der Waals surface area contributed by atoms with Crippen LogP contribution in [0.3, 0.4) is 0 Å². The fourth-order valence-corrected chi connectivity index (χ4v) is 1.83. The number of nitrogens with one attached hydrogen (secondary N) is 2. The van der Waals surface area contributed by atoms with Crippen LogP contribution in [-0.2, 0) is 0 Å². The molecule has 0 bridgehead atoms. The Kier molecular flexibility index (Phi) is 5.51.